The molecule has 5 heteroatoms. The average molecular weight is 250 g/mol. The Morgan fingerprint density at radius 2 is 1.94 bits per heavy atom. The van der Waals surface area contributed by atoms with E-state index in [0.717, 1.165) is 52.0 Å². The molecular weight excluding hydrogens is 228 g/mol. The molecule has 2 aliphatic rings. The second-order valence-corrected chi connectivity index (χ2v) is 5.38. The van der Waals surface area contributed by atoms with Gasteiger partial charge in [0.05, 0.1) is 11.5 Å². The van der Waals surface area contributed by atoms with Crippen molar-refractivity contribution in [1.82, 2.24) is 9.80 Å². The molecule has 100 valence electrons. The van der Waals surface area contributed by atoms with Gasteiger partial charge in [0.25, 0.3) is 0 Å². The van der Waals surface area contributed by atoms with Crippen LogP contribution in [0, 0.1) is 16.7 Å². The highest BCUT2D eigenvalue weighted by atomic mass is 16.2. The van der Waals surface area contributed by atoms with Crippen LogP contribution in [0.25, 0.3) is 0 Å². The Kier molecular flexibility index (Phi) is 4.20. The molecule has 0 spiro atoms. The van der Waals surface area contributed by atoms with Crippen LogP contribution in [0.1, 0.15) is 25.7 Å². The van der Waals surface area contributed by atoms with Crippen molar-refractivity contribution in [3.8, 4) is 6.07 Å². The van der Waals surface area contributed by atoms with Crippen molar-refractivity contribution in [2.24, 2.45) is 11.1 Å². The van der Waals surface area contributed by atoms with Crippen LogP contribution in [0.15, 0.2) is 0 Å². The summed E-state index contributed by atoms with van der Waals surface area (Å²) in [6.45, 7) is 4.64. The first-order chi connectivity index (χ1) is 8.72. The number of hydrogen-bond acceptors (Lipinski definition) is 4. The van der Waals surface area contributed by atoms with Crippen molar-refractivity contribution in [1.29, 1.82) is 5.26 Å². The zero-order valence-electron chi connectivity index (χ0n) is 10.9. The van der Waals surface area contributed by atoms with Gasteiger partial charge in [-0.3, -0.25) is 9.69 Å². The van der Waals surface area contributed by atoms with E-state index in [9.17, 15) is 4.79 Å². The highest BCUT2D eigenvalue weighted by Gasteiger charge is 2.45. The number of nitrogens with zero attached hydrogens (tertiary/aromatic N) is 3. The lowest BCUT2D eigenvalue weighted by Crippen LogP contribution is -2.57. The smallest absolute Gasteiger partial charge is 0.230 e. The van der Waals surface area contributed by atoms with Crippen LogP contribution < -0.4 is 5.73 Å². The molecule has 2 fully saturated rings. The average Bonchev–Trinajstić information content (AvgIpc) is 2.36. The normalized spacial score (nSPS) is 23.2. The number of hydrogen-bond donors (Lipinski definition) is 1. The molecule has 18 heavy (non-hydrogen) atoms. The monoisotopic (exact) mass is 250 g/mol. The highest BCUT2D eigenvalue weighted by molar-refractivity contribution is 5.84. The summed E-state index contributed by atoms with van der Waals surface area (Å²) < 4.78 is 0. The quantitative estimate of drug-likeness (QED) is 0.772. The first-order valence-electron chi connectivity index (χ1n) is 6.80. The van der Waals surface area contributed by atoms with Gasteiger partial charge < -0.3 is 10.6 Å². The molecule has 0 atom stereocenters. The molecule has 0 aromatic carbocycles. The van der Waals surface area contributed by atoms with E-state index in [1.54, 1.807) is 0 Å². The van der Waals surface area contributed by atoms with Gasteiger partial charge in [-0.05, 0) is 12.8 Å². The van der Waals surface area contributed by atoms with E-state index in [2.05, 4.69) is 11.0 Å². The molecule has 1 heterocycles. The summed E-state index contributed by atoms with van der Waals surface area (Å²) in [5.41, 5.74) is 5.53. The summed E-state index contributed by atoms with van der Waals surface area (Å²) in [4.78, 5) is 16.6. The lowest BCUT2D eigenvalue weighted by atomic mass is 9.67. The fourth-order valence-corrected chi connectivity index (χ4v) is 2.83. The molecule has 2 N–H and O–H groups in total. The van der Waals surface area contributed by atoms with Crippen LogP contribution in [0.2, 0.25) is 0 Å². The van der Waals surface area contributed by atoms with Gasteiger partial charge in [-0.15, -0.1) is 0 Å². The zero-order chi connectivity index (χ0) is 13.0. The Balaban J connectivity index is 1.82. The van der Waals surface area contributed by atoms with Crippen LogP contribution in [0.5, 0.6) is 0 Å². The van der Waals surface area contributed by atoms with Crippen LogP contribution in [0.4, 0.5) is 0 Å². The Morgan fingerprint density at radius 1 is 1.28 bits per heavy atom. The maximum absolute atomic E-state index is 12.4. The molecule has 0 aromatic rings. The third-order valence-corrected chi connectivity index (χ3v) is 4.35. The topological polar surface area (TPSA) is 73.4 Å². The van der Waals surface area contributed by atoms with Crippen molar-refractivity contribution in [3.63, 3.8) is 0 Å². The van der Waals surface area contributed by atoms with Crippen LogP contribution in [-0.4, -0.2) is 55.0 Å². The Bertz CT molecular complexity index is 332. The molecule has 0 unspecified atom stereocenters. The fraction of sp³-hybridized carbons (Fsp3) is 0.846. The van der Waals surface area contributed by atoms with Gasteiger partial charge in [0.2, 0.25) is 5.91 Å². The maximum Gasteiger partial charge on any atom is 0.230 e. The number of piperazine rings is 1. The molecule has 1 saturated carbocycles. The molecule has 1 amide bonds. The van der Waals surface area contributed by atoms with Crippen LogP contribution in [0.3, 0.4) is 0 Å². The van der Waals surface area contributed by atoms with Crippen molar-refractivity contribution in [2.75, 3.05) is 39.3 Å². The number of rotatable bonds is 4. The first-order valence-corrected chi connectivity index (χ1v) is 6.80. The second-order valence-electron chi connectivity index (χ2n) is 5.38. The summed E-state index contributed by atoms with van der Waals surface area (Å²) >= 11 is 0. The van der Waals surface area contributed by atoms with E-state index in [-0.39, 0.29) is 11.3 Å². The third kappa shape index (κ3) is 2.50. The van der Waals surface area contributed by atoms with E-state index in [0.29, 0.717) is 13.0 Å². The number of amides is 1. The standard InChI is InChI=1S/C13H22N4O/c14-5-2-6-16-7-9-17(10-8-16)12(18)13(11-15)3-1-4-13/h1-4,6-11,15H2. The van der Waals surface area contributed by atoms with Gasteiger partial charge in [0, 0.05) is 45.7 Å². The summed E-state index contributed by atoms with van der Waals surface area (Å²) in [5, 5.41) is 8.56. The van der Waals surface area contributed by atoms with Gasteiger partial charge in [-0.25, -0.2) is 0 Å². The minimum atomic E-state index is -0.241. The van der Waals surface area contributed by atoms with E-state index >= 15 is 0 Å². The largest absolute Gasteiger partial charge is 0.340 e. The summed E-state index contributed by atoms with van der Waals surface area (Å²) in [6, 6.07) is 2.16. The second kappa shape index (κ2) is 5.68. The number of carbonyl (C=O) groups excluding carboxylic acids is 1. The van der Waals surface area contributed by atoms with Crippen molar-refractivity contribution < 1.29 is 4.79 Å². The summed E-state index contributed by atoms with van der Waals surface area (Å²) in [5.74, 6) is 0.260. The predicted molar refractivity (Wildman–Crippen MR) is 68.6 cm³/mol. The molecule has 0 bridgehead atoms. The van der Waals surface area contributed by atoms with Crippen molar-refractivity contribution in [2.45, 2.75) is 25.7 Å². The SMILES string of the molecule is N#CCCN1CCN(C(=O)C2(CN)CCC2)CC1. The molecule has 0 aromatic heterocycles. The van der Waals surface area contributed by atoms with E-state index in [1.807, 2.05) is 4.90 Å². The number of carbonyl (C=O) groups is 1. The lowest BCUT2D eigenvalue weighted by Gasteiger charge is -2.45. The van der Waals surface area contributed by atoms with E-state index < -0.39 is 0 Å². The fourth-order valence-electron chi connectivity index (χ4n) is 2.83. The van der Waals surface area contributed by atoms with E-state index in [4.69, 9.17) is 11.0 Å². The van der Waals surface area contributed by atoms with Gasteiger partial charge >= 0.3 is 0 Å². The minimum Gasteiger partial charge on any atom is -0.340 e. The van der Waals surface area contributed by atoms with Gasteiger partial charge in [0.15, 0.2) is 0 Å². The minimum absolute atomic E-state index is 0.241. The zero-order valence-corrected chi connectivity index (χ0v) is 10.9. The van der Waals surface area contributed by atoms with E-state index in [1.165, 1.54) is 0 Å². The molecule has 1 aliphatic carbocycles. The lowest BCUT2D eigenvalue weighted by molar-refractivity contribution is -0.148. The van der Waals surface area contributed by atoms with Crippen molar-refractivity contribution in [3.05, 3.63) is 0 Å². The van der Waals surface area contributed by atoms with Gasteiger partial charge in [-0.2, -0.15) is 5.26 Å². The van der Waals surface area contributed by atoms with Gasteiger partial charge in [0.1, 0.15) is 0 Å². The Morgan fingerprint density at radius 3 is 2.39 bits per heavy atom. The molecule has 1 saturated heterocycles. The molecule has 1 aliphatic heterocycles. The molecular formula is C13H22N4O. The number of nitriles is 1. The number of nitrogens with two attached hydrogens (primary N) is 1. The first kappa shape index (κ1) is 13.3. The molecule has 0 radical (unpaired) electrons. The Hall–Kier alpha value is -1.12. The van der Waals surface area contributed by atoms with Crippen molar-refractivity contribution >= 4 is 5.91 Å². The third-order valence-electron chi connectivity index (χ3n) is 4.35. The summed E-state index contributed by atoms with van der Waals surface area (Å²) in [7, 11) is 0. The van der Waals surface area contributed by atoms with Crippen LogP contribution in [-0.2, 0) is 4.79 Å². The molecule has 5 nitrogen and oxygen atoms in total. The predicted octanol–water partition coefficient (Wildman–Crippen LogP) is 0.173. The maximum atomic E-state index is 12.4. The molecule has 2 rings (SSSR count). The van der Waals surface area contributed by atoms with Gasteiger partial charge in [-0.1, -0.05) is 6.42 Å². The van der Waals surface area contributed by atoms with Crippen LogP contribution >= 0.6 is 0 Å². The highest BCUT2D eigenvalue weighted by Crippen LogP contribution is 2.41. The summed E-state index contributed by atoms with van der Waals surface area (Å²) in [6.07, 6.45) is 3.61. The Labute approximate surface area is 109 Å².